The summed E-state index contributed by atoms with van der Waals surface area (Å²) in [4.78, 5) is 3.30. The van der Waals surface area contributed by atoms with E-state index in [0.717, 1.165) is 15.7 Å². The normalized spacial score (nSPS) is 10.6. The van der Waals surface area contributed by atoms with Gasteiger partial charge < -0.3 is 4.98 Å². The standard InChI is InChI=1S/C11H10BrN/c1-3-10-7(2)9-6-8(12)4-5-11(9)13-10/h3-6,13H,1H2,2H3. The second-order valence-corrected chi connectivity index (χ2v) is 3.97. The first-order valence-electron chi connectivity index (χ1n) is 4.12. The van der Waals surface area contributed by atoms with Crippen molar-refractivity contribution in [1.82, 2.24) is 4.98 Å². The van der Waals surface area contributed by atoms with Crippen LogP contribution in [0.15, 0.2) is 29.3 Å². The molecule has 2 rings (SSSR count). The highest BCUT2D eigenvalue weighted by molar-refractivity contribution is 9.10. The van der Waals surface area contributed by atoms with E-state index in [4.69, 9.17) is 0 Å². The molecule has 0 unspecified atom stereocenters. The van der Waals surface area contributed by atoms with Gasteiger partial charge in [0.05, 0.1) is 0 Å². The Kier molecular flexibility index (Phi) is 2.00. The topological polar surface area (TPSA) is 15.8 Å². The summed E-state index contributed by atoms with van der Waals surface area (Å²) < 4.78 is 1.11. The van der Waals surface area contributed by atoms with Crippen LogP contribution in [0.1, 0.15) is 11.3 Å². The lowest BCUT2D eigenvalue weighted by Crippen LogP contribution is -1.71. The molecule has 0 saturated heterocycles. The van der Waals surface area contributed by atoms with Gasteiger partial charge in [-0.25, -0.2) is 0 Å². The van der Waals surface area contributed by atoms with Gasteiger partial charge in [-0.15, -0.1) is 0 Å². The Bertz CT molecular complexity index is 468. The molecule has 0 spiro atoms. The van der Waals surface area contributed by atoms with Gasteiger partial charge in [-0.1, -0.05) is 22.5 Å². The van der Waals surface area contributed by atoms with Crippen molar-refractivity contribution in [2.75, 3.05) is 0 Å². The van der Waals surface area contributed by atoms with Gasteiger partial charge in [-0.2, -0.15) is 0 Å². The summed E-state index contributed by atoms with van der Waals surface area (Å²) in [5.41, 5.74) is 3.52. The van der Waals surface area contributed by atoms with E-state index in [-0.39, 0.29) is 0 Å². The first kappa shape index (κ1) is 8.57. The number of fused-ring (bicyclic) bond motifs is 1. The minimum atomic E-state index is 1.10. The van der Waals surface area contributed by atoms with E-state index in [0.29, 0.717) is 0 Å². The van der Waals surface area contributed by atoms with Crippen molar-refractivity contribution in [2.45, 2.75) is 6.92 Å². The van der Waals surface area contributed by atoms with Crippen molar-refractivity contribution < 1.29 is 0 Å². The van der Waals surface area contributed by atoms with Crippen LogP contribution in [0, 0.1) is 6.92 Å². The first-order chi connectivity index (χ1) is 6.22. The molecule has 2 heteroatoms. The van der Waals surface area contributed by atoms with E-state index in [9.17, 15) is 0 Å². The van der Waals surface area contributed by atoms with Gasteiger partial charge in [-0.05, 0) is 36.8 Å². The van der Waals surface area contributed by atoms with Crippen LogP contribution in [0.3, 0.4) is 0 Å². The number of hydrogen-bond acceptors (Lipinski definition) is 0. The minimum absolute atomic E-state index is 1.10. The molecule has 1 aromatic heterocycles. The Morgan fingerprint density at radius 1 is 1.46 bits per heavy atom. The Labute approximate surface area is 85.6 Å². The first-order valence-corrected chi connectivity index (χ1v) is 4.92. The summed E-state index contributed by atoms with van der Waals surface area (Å²) in [6, 6.07) is 6.22. The van der Waals surface area contributed by atoms with Gasteiger partial charge in [0.15, 0.2) is 0 Å². The van der Waals surface area contributed by atoms with Crippen LogP contribution >= 0.6 is 15.9 Å². The number of H-pyrrole nitrogens is 1. The van der Waals surface area contributed by atoms with Crippen LogP contribution in [0.25, 0.3) is 17.0 Å². The zero-order valence-corrected chi connectivity index (χ0v) is 8.98. The van der Waals surface area contributed by atoms with E-state index < -0.39 is 0 Å². The molecule has 0 bridgehead atoms. The second-order valence-electron chi connectivity index (χ2n) is 3.06. The van der Waals surface area contributed by atoms with Gasteiger partial charge in [0.2, 0.25) is 0 Å². The summed E-state index contributed by atoms with van der Waals surface area (Å²) in [5.74, 6) is 0. The molecule has 0 atom stereocenters. The maximum atomic E-state index is 3.77. The molecule has 66 valence electrons. The van der Waals surface area contributed by atoms with E-state index in [1.807, 2.05) is 12.1 Å². The molecular formula is C11H10BrN. The average molecular weight is 236 g/mol. The van der Waals surface area contributed by atoms with Crippen molar-refractivity contribution in [1.29, 1.82) is 0 Å². The molecule has 0 saturated carbocycles. The number of aromatic amines is 1. The lowest BCUT2D eigenvalue weighted by Gasteiger charge is -1.92. The fraction of sp³-hybridized carbons (Fsp3) is 0.0909. The van der Waals surface area contributed by atoms with E-state index in [1.165, 1.54) is 10.9 Å². The Morgan fingerprint density at radius 2 is 2.23 bits per heavy atom. The Balaban J connectivity index is 2.84. The largest absolute Gasteiger partial charge is 0.355 e. The highest BCUT2D eigenvalue weighted by Crippen LogP contribution is 2.25. The predicted octanol–water partition coefficient (Wildman–Crippen LogP) is 3.88. The number of nitrogens with one attached hydrogen (secondary N) is 1. The fourth-order valence-corrected chi connectivity index (χ4v) is 1.88. The third-order valence-corrected chi connectivity index (χ3v) is 2.76. The molecule has 0 aliphatic carbocycles. The van der Waals surface area contributed by atoms with Gasteiger partial charge in [0.25, 0.3) is 0 Å². The number of aromatic nitrogens is 1. The molecule has 0 radical (unpaired) electrons. The van der Waals surface area contributed by atoms with Crippen LogP contribution < -0.4 is 0 Å². The van der Waals surface area contributed by atoms with Crippen LogP contribution in [0.5, 0.6) is 0 Å². The molecule has 1 heterocycles. The van der Waals surface area contributed by atoms with E-state index >= 15 is 0 Å². The van der Waals surface area contributed by atoms with Gasteiger partial charge in [-0.3, -0.25) is 0 Å². The molecule has 1 aromatic carbocycles. The minimum Gasteiger partial charge on any atom is -0.355 e. The molecule has 1 N–H and O–H groups in total. The molecule has 0 aliphatic heterocycles. The number of halogens is 1. The molecule has 2 aromatic rings. The molecule has 13 heavy (non-hydrogen) atoms. The van der Waals surface area contributed by atoms with Crippen LogP contribution in [-0.2, 0) is 0 Å². The second kappa shape index (κ2) is 3.04. The lowest BCUT2D eigenvalue weighted by molar-refractivity contribution is 1.38. The average Bonchev–Trinajstić information content (AvgIpc) is 2.44. The highest BCUT2D eigenvalue weighted by atomic mass is 79.9. The third kappa shape index (κ3) is 1.31. The van der Waals surface area contributed by atoms with Crippen molar-refractivity contribution >= 4 is 32.9 Å². The monoisotopic (exact) mass is 235 g/mol. The lowest BCUT2D eigenvalue weighted by atomic mass is 10.1. The van der Waals surface area contributed by atoms with Gasteiger partial charge in [0.1, 0.15) is 0 Å². The SMILES string of the molecule is C=Cc1[nH]c2ccc(Br)cc2c1C. The highest BCUT2D eigenvalue weighted by Gasteiger charge is 2.04. The number of aryl methyl sites for hydroxylation is 1. The third-order valence-electron chi connectivity index (χ3n) is 2.26. The van der Waals surface area contributed by atoms with Crippen molar-refractivity contribution in [3.63, 3.8) is 0 Å². The summed E-state index contributed by atoms with van der Waals surface area (Å²) in [5, 5.41) is 1.25. The predicted molar refractivity (Wildman–Crippen MR) is 60.8 cm³/mol. The zero-order chi connectivity index (χ0) is 9.42. The molecule has 1 nitrogen and oxygen atoms in total. The molecule has 0 amide bonds. The maximum Gasteiger partial charge on any atom is 0.0462 e. The van der Waals surface area contributed by atoms with Crippen LogP contribution in [0.2, 0.25) is 0 Å². The van der Waals surface area contributed by atoms with Gasteiger partial charge >= 0.3 is 0 Å². The Morgan fingerprint density at radius 3 is 2.92 bits per heavy atom. The number of rotatable bonds is 1. The summed E-state index contributed by atoms with van der Waals surface area (Å²) in [7, 11) is 0. The number of benzene rings is 1. The van der Waals surface area contributed by atoms with Gasteiger partial charge in [0, 0.05) is 21.1 Å². The fourth-order valence-electron chi connectivity index (χ4n) is 1.52. The van der Waals surface area contributed by atoms with Crippen LogP contribution in [-0.4, -0.2) is 4.98 Å². The molecule has 0 aliphatic rings. The van der Waals surface area contributed by atoms with E-state index in [1.54, 1.807) is 0 Å². The summed E-state index contributed by atoms with van der Waals surface area (Å²) >= 11 is 3.46. The maximum absolute atomic E-state index is 3.77. The molecular weight excluding hydrogens is 226 g/mol. The quantitative estimate of drug-likeness (QED) is 0.773. The zero-order valence-electron chi connectivity index (χ0n) is 7.39. The Hall–Kier alpha value is -1.02. The summed E-state index contributed by atoms with van der Waals surface area (Å²) in [6.45, 7) is 5.87. The van der Waals surface area contributed by atoms with Crippen molar-refractivity contribution in [3.8, 4) is 0 Å². The molecule has 0 fully saturated rings. The van der Waals surface area contributed by atoms with Crippen molar-refractivity contribution in [3.05, 3.63) is 40.5 Å². The number of hydrogen-bond donors (Lipinski definition) is 1. The van der Waals surface area contributed by atoms with Crippen molar-refractivity contribution in [2.24, 2.45) is 0 Å². The summed E-state index contributed by atoms with van der Waals surface area (Å²) in [6.07, 6.45) is 1.85. The van der Waals surface area contributed by atoms with Crippen LogP contribution in [0.4, 0.5) is 0 Å². The van der Waals surface area contributed by atoms with E-state index in [2.05, 4.69) is 46.5 Å². The smallest absolute Gasteiger partial charge is 0.0462 e.